The predicted octanol–water partition coefficient (Wildman–Crippen LogP) is 5.87. The van der Waals surface area contributed by atoms with E-state index >= 15 is 0 Å². The van der Waals surface area contributed by atoms with E-state index in [0.29, 0.717) is 17.8 Å². The highest BCUT2D eigenvalue weighted by molar-refractivity contribution is 6.33. The first kappa shape index (κ1) is 16.0. The van der Waals surface area contributed by atoms with Crippen LogP contribution >= 0.6 is 23.2 Å². The van der Waals surface area contributed by atoms with E-state index in [9.17, 15) is 0 Å². The van der Waals surface area contributed by atoms with Crippen LogP contribution in [0.3, 0.4) is 0 Å². The fourth-order valence-corrected chi connectivity index (χ4v) is 3.60. The van der Waals surface area contributed by atoms with Crippen LogP contribution in [0.4, 0.5) is 5.69 Å². The van der Waals surface area contributed by atoms with Gasteiger partial charge in [-0.05, 0) is 36.8 Å². The van der Waals surface area contributed by atoms with Crippen molar-refractivity contribution in [1.29, 1.82) is 0 Å². The Morgan fingerprint density at radius 2 is 1.95 bits per heavy atom. The van der Waals surface area contributed by atoms with Gasteiger partial charge in [0.2, 0.25) is 0 Å². The van der Waals surface area contributed by atoms with Gasteiger partial charge in [0.25, 0.3) is 0 Å². The number of halogens is 2. The van der Waals surface area contributed by atoms with Crippen molar-refractivity contribution in [3.05, 3.63) is 28.8 Å². The van der Waals surface area contributed by atoms with Crippen LogP contribution in [0.15, 0.2) is 18.2 Å². The topological polar surface area (TPSA) is 3.24 Å². The van der Waals surface area contributed by atoms with E-state index in [2.05, 4.69) is 24.8 Å². The molecule has 1 nitrogen and oxygen atoms in total. The summed E-state index contributed by atoms with van der Waals surface area (Å²) in [5.74, 6) is 1.24. The molecule has 1 aliphatic rings. The van der Waals surface area contributed by atoms with Crippen molar-refractivity contribution in [2.75, 3.05) is 11.4 Å². The van der Waals surface area contributed by atoms with E-state index in [0.717, 1.165) is 17.1 Å². The zero-order valence-corrected chi connectivity index (χ0v) is 14.1. The smallest absolute Gasteiger partial charge is 0.0642 e. The SMILES string of the molecule is CC(C)CCN(c1c(Cl)cccc1CCl)C1CCCC1. The van der Waals surface area contributed by atoms with Crippen LogP contribution in [0.5, 0.6) is 0 Å². The van der Waals surface area contributed by atoms with Crippen molar-refractivity contribution < 1.29 is 0 Å². The summed E-state index contributed by atoms with van der Waals surface area (Å²) in [6.45, 7) is 5.64. The van der Waals surface area contributed by atoms with Crippen LogP contribution in [0.25, 0.3) is 0 Å². The molecule has 0 atom stereocenters. The Hall–Kier alpha value is -0.400. The summed E-state index contributed by atoms with van der Waals surface area (Å²) in [6, 6.07) is 6.73. The lowest BCUT2D eigenvalue weighted by atomic mass is 10.1. The molecule has 0 N–H and O–H groups in total. The molecule has 0 aromatic heterocycles. The monoisotopic (exact) mass is 313 g/mol. The Morgan fingerprint density at radius 1 is 1.25 bits per heavy atom. The van der Waals surface area contributed by atoms with E-state index in [1.165, 1.54) is 37.8 Å². The summed E-state index contributed by atoms with van der Waals surface area (Å²) in [7, 11) is 0. The molecule has 1 aromatic carbocycles. The molecule has 0 unspecified atom stereocenters. The van der Waals surface area contributed by atoms with E-state index in [4.69, 9.17) is 23.2 Å². The number of anilines is 1. The summed E-state index contributed by atoms with van der Waals surface area (Å²) >= 11 is 12.6. The van der Waals surface area contributed by atoms with Gasteiger partial charge in [-0.1, -0.05) is 50.4 Å². The highest BCUT2D eigenvalue weighted by Crippen LogP contribution is 2.36. The number of hydrogen-bond donors (Lipinski definition) is 0. The maximum absolute atomic E-state index is 6.50. The van der Waals surface area contributed by atoms with Gasteiger partial charge in [-0.3, -0.25) is 0 Å². The fourth-order valence-electron chi connectivity index (χ4n) is 3.08. The molecule has 0 bridgehead atoms. The van der Waals surface area contributed by atoms with Crippen molar-refractivity contribution in [3.63, 3.8) is 0 Å². The number of alkyl halides is 1. The van der Waals surface area contributed by atoms with E-state index < -0.39 is 0 Å². The second kappa shape index (κ2) is 7.56. The zero-order valence-electron chi connectivity index (χ0n) is 12.5. The van der Waals surface area contributed by atoms with E-state index in [-0.39, 0.29) is 0 Å². The third-order valence-corrected chi connectivity index (χ3v) is 4.81. The number of nitrogens with zero attached hydrogens (tertiary/aromatic N) is 1. The first-order valence-corrected chi connectivity index (χ1v) is 8.64. The van der Waals surface area contributed by atoms with Crippen molar-refractivity contribution in [1.82, 2.24) is 0 Å². The molecule has 3 heteroatoms. The maximum atomic E-state index is 6.50. The number of rotatable bonds is 6. The largest absolute Gasteiger partial charge is 0.367 e. The first-order chi connectivity index (χ1) is 9.63. The van der Waals surface area contributed by atoms with Gasteiger partial charge in [-0.25, -0.2) is 0 Å². The lowest BCUT2D eigenvalue weighted by Crippen LogP contribution is -2.35. The maximum Gasteiger partial charge on any atom is 0.0642 e. The van der Waals surface area contributed by atoms with E-state index in [1.807, 2.05) is 12.1 Å². The van der Waals surface area contributed by atoms with Crippen molar-refractivity contribution >= 4 is 28.9 Å². The summed E-state index contributed by atoms with van der Waals surface area (Å²) in [5, 5.41) is 0.846. The highest BCUT2D eigenvalue weighted by atomic mass is 35.5. The average molecular weight is 314 g/mol. The third-order valence-electron chi connectivity index (χ3n) is 4.21. The molecule has 0 saturated heterocycles. The summed E-state index contributed by atoms with van der Waals surface area (Å²) in [6.07, 6.45) is 6.44. The molecule has 1 fully saturated rings. The second-order valence-electron chi connectivity index (χ2n) is 6.20. The highest BCUT2D eigenvalue weighted by Gasteiger charge is 2.25. The molecule has 1 aromatic rings. The summed E-state index contributed by atoms with van der Waals surface area (Å²) < 4.78 is 0. The minimum atomic E-state index is 0.529. The standard InChI is InChI=1S/C17H25Cl2N/c1-13(2)10-11-20(15-7-3-4-8-15)17-14(12-18)6-5-9-16(17)19/h5-6,9,13,15H,3-4,7-8,10-12H2,1-2H3. The van der Waals surface area contributed by atoms with Crippen LogP contribution in [-0.2, 0) is 5.88 Å². The van der Waals surface area contributed by atoms with Crippen LogP contribution in [0, 0.1) is 5.92 Å². The lowest BCUT2D eigenvalue weighted by molar-refractivity contribution is 0.528. The van der Waals surface area contributed by atoms with Crippen LogP contribution in [-0.4, -0.2) is 12.6 Å². The van der Waals surface area contributed by atoms with Crippen molar-refractivity contribution in [3.8, 4) is 0 Å². The van der Waals surface area contributed by atoms with Gasteiger partial charge in [0.05, 0.1) is 10.7 Å². The lowest BCUT2D eigenvalue weighted by Gasteiger charge is -2.34. The molecule has 1 aliphatic carbocycles. The van der Waals surface area contributed by atoms with Crippen LogP contribution < -0.4 is 4.90 Å². The third kappa shape index (κ3) is 3.83. The fraction of sp³-hybridized carbons (Fsp3) is 0.647. The molecule has 20 heavy (non-hydrogen) atoms. The Kier molecular flexibility index (Phi) is 6.04. The van der Waals surface area contributed by atoms with E-state index in [1.54, 1.807) is 0 Å². The average Bonchev–Trinajstić information content (AvgIpc) is 2.94. The molecule has 2 rings (SSSR count). The van der Waals surface area contributed by atoms with Gasteiger partial charge in [-0.2, -0.15) is 0 Å². The number of benzene rings is 1. The molecule has 0 radical (unpaired) electrons. The van der Waals surface area contributed by atoms with Gasteiger partial charge in [-0.15, -0.1) is 11.6 Å². The van der Waals surface area contributed by atoms with Crippen molar-refractivity contribution in [2.45, 2.75) is 57.9 Å². The minimum Gasteiger partial charge on any atom is -0.367 e. The van der Waals surface area contributed by atoms with Gasteiger partial charge in [0.1, 0.15) is 0 Å². The Labute approximate surface area is 133 Å². The van der Waals surface area contributed by atoms with Gasteiger partial charge >= 0.3 is 0 Å². The molecule has 112 valence electrons. The second-order valence-corrected chi connectivity index (χ2v) is 6.87. The molecule has 0 spiro atoms. The normalized spacial score (nSPS) is 16.1. The Balaban J connectivity index is 2.29. The molecule has 0 heterocycles. The van der Waals surface area contributed by atoms with Crippen LogP contribution in [0.2, 0.25) is 5.02 Å². The van der Waals surface area contributed by atoms with Gasteiger partial charge in [0, 0.05) is 18.5 Å². The quantitative estimate of drug-likeness (QED) is 0.593. The molecule has 0 amide bonds. The predicted molar refractivity (Wildman–Crippen MR) is 90.1 cm³/mol. The Morgan fingerprint density at radius 3 is 2.55 bits per heavy atom. The van der Waals surface area contributed by atoms with Gasteiger partial charge < -0.3 is 4.90 Å². The number of para-hydroxylation sites is 1. The molecule has 0 aliphatic heterocycles. The van der Waals surface area contributed by atoms with Gasteiger partial charge in [0.15, 0.2) is 0 Å². The number of hydrogen-bond acceptors (Lipinski definition) is 1. The van der Waals surface area contributed by atoms with Crippen molar-refractivity contribution in [2.24, 2.45) is 5.92 Å². The van der Waals surface area contributed by atoms with Crippen LogP contribution in [0.1, 0.15) is 51.5 Å². The molecular formula is C17H25Cl2N. The molecular weight excluding hydrogens is 289 g/mol. The summed E-state index contributed by atoms with van der Waals surface area (Å²) in [5.41, 5.74) is 2.34. The summed E-state index contributed by atoms with van der Waals surface area (Å²) in [4.78, 5) is 2.53. The first-order valence-electron chi connectivity index (χ1n) is 7.73. The Bertz CT molecular complexity index is 425. The minimum absolute atomic E-state index is 0.529. The molecule has 1 saturated carbocycles. The zero-order chi connectivity index (χ0) is 14.5.